The van der Waals surface area contributed by atoms with E-state index >= 15 is 0 Å². The molecule has 0 saturated carbocycles. The van der Waals surface area contributed by atoms with Crippen molar-refractivity contribution in [3.8, 4) is 0 Å². The van der Waals surface area contributed by atoms with Crippen LogP contribution >= 0.6 is 24.0 Å². The Morgan fingerprint density at radius 3 is 2.39 bits per heavy atom. The molecule has 1 fully saturated rings. The predicted octanol–water partition coefficient (Wildman–Crippen LogP) is 3.80. The van der Waals surface area contributed by atoms with Gasteiger partial charge in [-0.3, -0.25) is 9.59 Å². The topological polar surface area (TPSA) is 106 Å². The number of amides is 2. The van der Waals surface area contributed by atoms with Crippen LogP contribution in [0.4, 0.5) is 27.5 Å². The van der Waals surface area contributed by atoms with Gasteiger partial charge < -0.3 is 30.7 Å². The molecule has 0 unspecified atom stereocenters. The number of anilines is 4. The summed E-state index contributed by atoms with van der Waals surface area (Å²) in [4.78, 5) is 39.6. The number of nitrogens with one attached hydrogen (secondary N) is 3. The van der Waals surface area contributed by atoms with Crippen molar-refractivity contribution in [2.75, 3.05) is 70.3 Å². The lowest BCUT2D eigenvalue weighted by Gasteiger charge is -2.36. The lowest BCUT2D eigenvalue weighted by Crippen LogP contribution is -2.49. The number of para-hydroxylation sites is 1. The Morgan fingerprint density at radius 1 is 1.02 bits per heavy atom. The van der Waals surface area contributed by atoms with Crippen molar-refractivity contribution in [3.05, 3.63) is 71.7 Å². The number of nitrogens with zero attached hydrogens (tertiary/aromatic N) is 5. The van der Waals surface area contributed by atoms with Crippen LogP contribution in [-0.2, 0) is 0 Å². The van der Waals surface area contributed by atoms with E-state index in [2.05, 4.69) is 35.7 Å². The molecule has 1 aliphatic heterocycles. The number of hydrogen-bond acceptors (Lipinski definition) is 9. The maximum Gasteiger partial charge on any atom is 0.253 e. The summed E-state index contributed by atoms with van der Waals surface area (Å²) in [5.74, 6) is -0.00708. The molecule has 41 heavy (non-hydrogen) atoms. The van der Waals surface area contributed by atoms with Crippen LogP contribution in [-0.4, -0.2) is 100 Å². The first-order valence-electron chi connectivity index (χ1n) is 13.1. The highest BCUT2D eigenvalue weighted by Gasteiger charge is 2.23. The molecule has 0 atom stereocenters. The van der Waals surface area contributed by atoms with Crippen molar-refractivity contribution in [1.82, 2.24) is 30.0 Å². The minimum atomic E-state index is -0.670. The zero-order valence-corrected chi connectivity index (χ0v) is 24.8. The molecule has 0 radical (unpaired) electrons. The highest BCUT2D eigenvalue weighted by Crippen LogP contribution is 2.24. The van der Waals surface area contributed by atoms with E-state index in [1.54, 1.807) is 60.3 Å². The van der Waals surface area contributed by atoms with E-state index < -0.39 is 5.82 Å². The molecule has 3 aromatic rings. The average molecular weight is 597 g/mol. The monoisotopic (exact) mass is 596 g/mol. The van der Waals surface area contributed by atoms with Crippen molar-refractivity contribution in [2.24, 2.45) is 0 Å². The first-order valence-corrected chi connectivity index (χ1v) is 14.5. The van der Waals surface area contributed by atoms with Crippen LogP contribution in [0, 0.1) is 5.82 Å². The van der Waals surface area contributed by atoms with Crippen LogP contribution in [0.25, 0.3) is 0 Å². The van der Waals surface area contributed by atoms with Gasteiger partial charge in [0.15, 0.2) is 11.6 Å². The molecule has 3 N–H and O–H groups in total. The number of benzene rings is 2. The molecule has 1 aliphatic rings. The van der Waals surface area contributed by atoms with Gasteiger partial charge in [-0.2, -0.15) is 4.98 Å². The molecule has 4 rings (SSSR count). The SMILES string of the molecule is CNC(=O)c1ccccc1Nc1nc(Nc2ccc(C(=O)N3CCN(C(=S)SCCN(C)C)CC3)cc2)ncc1F. The molecular formula is C28H33FN8O2S2. The predicted molar refractivity (Wildman–Crippen MR) is 166 cm³/mol. The second kappa shape index (κ2) is 14.2. The van der Waals surface area contributed by atoms with Gasteiger partial charge in [0.05, 0.1) is 17.4 Å². The lowest BCUT2D eigenvalue weighted by molar-refractivity contribution is 0.0694. The number of rotatable bonds is 9. The molecule has 10 nitrogen and oxygen atoms in total. The number of thioether (sulfide) groups is 1. The number of carbonyl (C=O) groups excluding carboxylic acids is 2. The van der Waals surface area contributed by atoms with Crippen molar-refractivity contribution in [2.45, 2.75) is 0 Å². The molecule has 1 aromatic heterocycles. The van der Waals surface area contributed by atoms with Gasteiger partial charge in [-0.15, -0.1) is 0 Å². The van der Waals surface area contributed by atoms with Crippen molar-refractivity contribution in [1.29, 1.82) is 0 Å². The number of piperazine rings is 1. The van der Waals surface area contributed by atoms with Gasteiger partial charge in [0.2, 0.25) is 5.95 Å². The molecule has 0 aliphatic carbocycles. The van der Waals surface area contributed by atoms with Crippen LogP contribution < -0.4 is 16.0 Å². The fourth-order valence-corrected chi connectivity index (χ4v) is 5.50. The minimum absolute atomic E-state index is 0.0401. The molecule has 0 bridgehead atoms. The summed E-state index contributed by atoms with van der Waals surface area (Å²) < 4.78 is 15.4. The van der Waals surface area contributed by atoms with Gasteiger partial charge in [-0.25, -0.2) is 9.37 Å². The Hall–Kier alpha value is -3.81. The molecular weight excluding hydrogens is 563 g/mol. The normalized spacial score (nSPS) is 13.2. The third-order valence-electron chi connectivity index (χ3n) is 6.37. The molecule has 2 amide bonds. The summed E-state index contributed by atoms with van der Waals surface area (Å²) >= 11 is 7.25. The summed E-state index contributed by atoms with van der Waals surface area (Å²) in [6, 6.07) is 13.7. The Morgan fingerprint density at radius 2 is 1.71 bits per heavy atom. The summed E-state index contributed by atoms with van der Waals surface area (Å²) in [6.07, 6.45) is 1.05. The summed E-state index contributed by atoms with van der Waals surface area (Å²) in [7, 11) is 5.61. The Labute approximate surface area is 248 Å². The molecule has 0 spiro atoms. The molecule has 216 valence electrons. The van der Waals surface area contributed by atoms with E-state index in [0.717, 1.165) is 22.8 Å². The Balaban J connectivity index is 1.34. The Bertz CT molecular complexity index is 1380. The smallest absolute Gasteiger partial charge is 0.253 e. The van der Waals surface area contributed by atoms with Crippen molar-refractivity contribution >= 4 is 63.3 Å². The number of carbonyl (C=O) groups is 2. The standard InChI is InChI=1S/C28H33FN8O2S2/c1-30-25(38)21-6-4-5-7-23(21)33-24-22(29)18-31-27(34-24)32-20-10-8-19(9-11-20)26(39)36-12-14-37(15-13-36)28(40)41-17-16-35(2)3/h4-11,18H,12-17H2,1-3H3,(H,30,38)(H2,31,32,33,34). The highest BCUT2D eigenvalue weighted by molar-refractivity contribution is 8.22. The summed E-state index contributed by atoms with van der Waals surface area (Å²) in [5, 5.41) is 8.47. The van der Waals surface area contributed by atoms with Gasteiger partial charge in [-0.05, 0) is 50.5 Å². The zero-order valence-electron chi connectivity index (χ0n) is 23.2. The van der Waals surface area contributed by atoms with Gasteiger partial charge in [-0.1, -0.05) is 36.1 Å². The van der Waals surface area contributed by atoms with Crippen LogP contribution in [0.5, 0.6) is 0 Å². The van der Waals surface area contributed by atoms with Crippen LogP contribution in [0.1, 0.15) is 20.7 Å². The molecule has 2 heterocycles. The van der Waals surface area contributed by atoms with Crippen LogP contribution in [0.15, 0.2) is 54.7 Å². The highest BCUT2D eigenvalue weighted by atomic mass is 32.2. The third kappa shape index (κ3) is 8.12. The maximum absolute atomic E-state index is 14.5. The fraction of sp³-hybridized carbons (Fsp3) is 0.321. The fourth-order valence-electron chi connectivity index (χ4n) is 4.07. The lowest BCUT2D eigenvalue weighted by atomic mass is 10.1. The van der Waals surface area contributed by atoms with Crippen molar-refractivity contribution in [3.63, 3.8) is 0 Å². The summed E-state index contributed by atoms with van der Waals surface area (Å²) in [6.45, 7) is 3.61. The second-order valence-electron chi connectivity index (χ2n) is 9.54. The zero-order chi connectivity index (χ0) is 29.4. The summed E-state index contributed by atoms with van der Waals surface area (Å²) in [5.41, 5.74) is 1.96. The van der Waals surface area contributed by atoms with Crippen LogP contribution in [0.2, 0.25) is 0 Å². The molecule has 13 heteroatoms. The van der Waals surface area contributed by atoms with Gasteiger partial charge in [0, 0.05) is 56.8 Å². The van der Waals surface area contributed by atoms with E-state index in [9.17, 15) is 14.0 Å². The number of halogens is 1. The first-order chi connectivity index (χ1) is 19.7. The largest absolute Gasteiger partial charge is 0.355 e. The van der Waals surface area contributed by atoms with Crippen molar-refractivity contribution < 1.29 is 14.0 Å². The van der Waals surface area contributed by atoms with E-state index in [1.807, 2.05) is 19.0 Å². The van der Waals surface area contributed by atoms with E-state index in [0.29, 0.717) is 48.7 Å². The number of aromatic nitrogens is 2. The number of hydrogen-bond donors (Lipinski definition) is 3. The minimum Gasteiger partial charge on any atom is -0.355 e. The van der Waals surface area contributed by atoms with E-state index in [1.165, 1.54) is 7.05 Å². The molecule has 1 saturated heterocycles. The maximum atomic E-state index is 14.5. The second-order valence-corrected chi connectivity index (χ2v) is 11.3. The van der Waals surface area contributed by atoms with Gasteiger partial charge in [0.1, 0.15) is 4.32 Å². The van der Waals surface area contributed by atoms with Gasteiger partial charge in [0.25, 0.3) is 11.8 Å². The number of thiocarbonyl (C=S) groups is 1. The molecule has 2 aromatic carbocycles. The quantitative estimate of drug-likeness (QED) is 0.316. The van der Waals surface area contributed by atoms with E-state index in [-0.39, 0.29) is 23.6 Å². The first kappa shape index (κ1) is 30.2. The van der Waals surface area contributed by atoms with E-state index in [4.69, 9.17) is 12.2 Å². The third-order valence-corrected chi connectivity index (χ3v) is 7.88. The van der Waals surface area contributed by atoms with Crippen LogP contribution in [0.3, 0.4) is 0 Å². The Kier molecular flexibility index (Phi) is 10.4. The average Bonchev–Trinajstić information content (AvgIpc) is 2.98. The van der Waals surface area contributed by atoms with Gasteiger partial charge >= 0.3 is 0 Å².